The molecule has 0 amide bonds. The molecule has 0 fully saturated rings. The third-order valence-electron chi connectivity index (χ3n) is 4.36. The SMILES string of the molecule is O=C1C(Cl)=C(Cl)C(=O)c2c(N(CCO)CCO)ccc(Nc3ccccc3)c21. The predicted molar refractivity (Wildman–Crippen MR) is 110 cm³/mol. The van der Waals surface area contributed by atoms with Crippen LogP contribution in [0.4, 0.5) is 17.1 Å². The first-order valence-corrected chi connectivity index (χ1v) is 9.35. The van der Waals surface area contributed by atoms with Gasteiger partial charge in [-0.3, -0.25) is 9.59 Å². The number of aliphatic hydroxyl groups is 2. The topological polar surface area (TPSA) is 89.9 Å². The molecule has 0 saturated carbocycles. The molecule has 1 aliphatic rings. The number of anilines is 3. The molecule has 0 heterocycles. The molecule has 8 heteroatoms. The van der Waals surface area contributed by atoms with Crippen LogP contribution in [-0.2, 0) is 0 Å². The van der Waals surface area contributed by atoms with Gasteiger partial charge < -0.3 is 20.4 Å². The first kappa shape index (κ1) is 20.4. The number of hydrogen-bond acceptors (Lipinski definition) is 6. The molecule has 28 heavy (non-hydrogen) atoms. The summed E-state index contributed by atoms with van der Waals surface area (Å²) in [6, 6.07) is 12.5. The van der Waals surface area contributed by atoms with Crippen molar-refractivity contribution in [3.63, 3.8) is 0 Å². The van der Waals surface area contributed by atoms with E-state index in [1.54, 1.807) is 17.0 Å². The van der Waals surface area contributed by atoms with Crippen LogP contribution in [0.15, 0.2) is 52.5 Å². The monoisotopic (exact) mass is 420 g/mol. The number of fused-ring (bicyclic) bond motifs is 1. The highest BCUT2D eigenvalue weighted by atomic mass is 35.5. The molecule has 3 rings (SSSR count). The average molecular weight is 421 g/mol. The molecule has 0 saturated heterocycles. The molecule has 0 aliphatic heterocycles. The van der Waals surface area contributed by atoms with Gasteiger partial charge in [0.1, 0.15) is 10.1 Å². The van der Waals surface area contributed by atoms with E-state index in [2.05, 4.69) is 5.32 Å². The van der Waals surface area contributed by atoms with Gasteiger partial charge in [0.05, 0.1) is 30.0 Å². The molecular weight excluding hydrogens is 403 g/mol. The maximum atomic E-state index is 12.9. The molecule has 0 atom stereocenters. The molecule has 0 aromatic heterocycles. The third-order valence-corrected chi connectivity index (χ3v) is 5.18. The molecule has 2 aromatic carbocycles. The minimum absolute atomic E-state index is 0.0993. The van der Waals surface area contributed by atoms with E-state index in [1.807, 2.05) is 30.3 Å². The zero-order valence-corrected chi connectivity index (χ0v) is 16.3. The molecule has 0 spiro atoms. The zero-order chi connectivity index (χ0) is 20.3. The first-order valence-electron chi connectivity index (χ1n) is 8.60. The fraction of sp³-hybridized carbons (Fsp3) is 0.200. The van der Waals surface area contributed by atoms with Crippen LogP contribution in [0.3, 0.4) is 0 Å². The minimum Gasteiger partial charge on any atom is -0.395 e. The first-order chi connectivity index (χ1) is 13.5. The van der Waals surface area contributed by atoms with Gasteiger partial charge in [0.25, 0.3) is 0 Å². The van der Waals surface area contributed by atoms with Crippen molar-refractivity contribution in [3.05, 3.63) is 63.7 Å². The van der Waals surface area contributed by atoms with Gasteiger partial charge >= 0.3 is 0 Å². The molecule has 146 valence electrons. The number of para-hydroxylation sites is 1. The van der Waals surface area contributed by atoms with Crippen LogP contribution in [0.25, 0.3) is 0 Å². The predicted octanol–water partition coefficient (Wildman–Crippen LogP) is 3.29. The van der Waals surface area contributed by atoms with Crippen molar-refractivity contribution in [2.75, 3.05) is 36.5 Å². The number of carbonyl (C=O) groups excluding carboxylic acids is 2. The summed E-state index contributed by atoms with van der Waals surface area (Å²) in [5.74, 6) is -1.14. The summed E-state index contributed by atoms with van der Waals surface area (Å²) >= 11 is 12.0. The van der Waals surface area contributed by atoms with E-state index in [0.717, 1.165) is 5.69 Å². The Bertz CT molecular complexity index is 939. The second kappa shape index (κ2) is 8.75. The molecule has 6 nitrogen and oxygen atoms in total. The van der Waals surface area contributed by atoms with Crippen molar-refractivity contribution in [2.45, 2.75) is 0 Å². The number of Topliss-reactive ketones (excluding diaryl/α,β-unsaturated/α-hetero) is 2. The Morgan fingerprint density at radius 3 is 1.96 bits per heavy atom. The summed E-state index contributed by atoms with van der Waals surface area (Å²) in [4.78, 5) is 27.4. The van der Waals surface area contributed by atoms with Gasteiger partial charge in [-0.05, 0) is 24.3 Å². The summed E-state index contributed by atoms with van der Waals surface area (Å²) < 4.78 is 0. The lowest BCUT2D eigenvalue weighted by Crippen LogP contribution is -2.33. The van der Waals surface area contributed by atoms with Crippen molar-refractivity contribution in [1.29, 1.82) is 0 Å². The highest BCUT2D eigenvalue weighted by Gasteiger charge is 2.36. The zero-order valence-electron chi connectivity index (χ0n) is 14.8. The average Bonchev–Trinajstić information content (AvgIpc) is 2.71. The molecule has 3 N–H and O–H groups in total. The van der Waals surface area contributed by atoms with Crippen molar-refractivity contribution in [3.8, 4) is 0 Å². The van der Waals surface area contributed by atoms with E-state index >= 15 is 0 Å². The summed E-state index contributed by atoms with van der Waals surface area (Å²) in [6.07, 6.45) is 0. The van der Waals surface area contributed by atoms with E-state index in [4.69, 9.17) is 23.2 Å². The van der Waals surface area contributed by atoms with Crippen LogP contribution in [0.2, 0.25) is 0 Å². The van der Waals surface area contributed by atoms with Gasteiger partial charge in [-0.25, -0.2) is 0 Å². The number of allylic oxidation sites excluding steroid dienone is 2. The van der Waals surface area contributed by atoms with Crippen LogP contribution in [0.1, 0.15) is 20.7 Å². The van der Waals surface area contributed by atoms with Crippen molar-refractivity contribution in [1.82, 2.24) is 0 Å². The Morgan fingerprint density at radius 2 is 1.39 bits per heavy atom. The van der Waals surface area contributed by atoms with E-state index < -0.39 is 11.6 Å². The van der Waals surface area contributed by atoms with Crippen molar-refractivity contribution in [2.24, 2.45) is 0 Å². The quantitative estimate of drug-likeness (QED) is 0.636. The molecule has 1 aliphatic carbocycles. The minimum atomic E-state index is -0.575. The number of ketones is 2. The maximum absolute atomic E-state index is 12.9. The second-order valence-corrected chi connectivity index (χ2v) is 6.85. The van der Waals surface area contributed by atoms with Crippen LogP contribution >= 0.6 is 23.2 Å². The van der Waals surface area contributed by atoms with E-state index in [0.29, 0.717) is 11.4 Å². The van der Waals surface area contributed by atoms with Crippen LogP contribution in [0, 0.1) is 0 Å². The highest BCUT2D eigenvalue weighted by molar-refractivity contribution is 6.60. The normalized spacial score (nSPS) is 13.6. The molecular formula is C20H18Cl2N2O4. The largest absolute Gasteiger partial charge is 0.395 e. The van der Waals surface area contributed by atoms with Crippen LogP contribution in [0.5, 0.6) is 0 Å². The van der Waals surface area contributed by atoms with E-state index in [-0.39, 0.29) is 47.5 Å². The second-order valence-electron chi connectivity index (χ2n) is 6.09. The fourth-order valence-corrected chi connectivity index (χ4v) is 3.48. The summed E-state index contributed by atoms with van der Waals surface area (Å²) in [5.41, 5.74) is 1.76. The number of rotatable bonds is 7. The number of nitrogens with zero attached hydrogens (tertiary/aromatic N) is 1. The van der Waals surface area contributed by atoms with Gasteiger partial charge in [0.15, 0.2) is 0 Å². The van der Waals surface area contributed by atoms with Gasteiger partial charge in [0.2, 0.25) is 11.6 Å². The molecule has 0 unspecified atom stereocenters. The number of benzene rings is 2. The Hall–Kier alpha value is -2.38. The number of carbonyl (C=O) groups is 2. The lowest BCUT2D eigenvalue weighted by atomic mass is 9.90. The standard InChI is InChI=1S/C20H18Cl2N2O4/c21-17-18(22)20(28)16-14(24(8-10-25)9-11-26)7-6-13(15(16)19(17)27)23-12-4-2-1-3-5-12/h1-7,23,25-26H,8-11H2. The number of nitrogens with one attached hydrogen (secondary N) is 1. The van der Waals surface area contributed by atoms with Crippen LogP contribution < -0.4 is 10.2 Å². The third kappa shape index (κ3) is 3.77. The molecule has 2 aromatic rings. The Morgan fingerprint density at radius 1 is 0.821 bits per heavy atom. The lowest BCUT2D eigenvalue weighted by molar-refractivity contribution is 0.0987. The smallest absolute Gasteiger partial charge is 0.208 e. The van der Waals surface area contributed by atoms with Gasteiger partial charge in [-0.1, -0.05) is 41.4 Å². The van der Waals surface area contributed by atoms with Crippen molar-refractivity contribution < 1.29 is 19.8 Å². The Labute approximate surface area is 172 Å². The van der Waals surface area contributed by atoms with Gasteiger partial charge in [0, 0.05) is 24.5 Å². The van der Waals surface area contributed by atoms with E-state index in [1.165, 1.54) is 0 Å². The van der Waals surface area contributed by atoms with Crippen molar-refractivity contribution >= 4 is 51.8 Å². The summed E-state index contributed by atoms with van der Waals surface area (Å²) in [6.45, 7) is -0.0273. The molecule has 0 radical (unpaired) electrons. The van der Waals surface area contributed by atoms with Gasteiger partial charge in [-0.2, -0.15) is 0 Å². The lowest BCUT2D eigenvalue weighted by Gasteiger charge is -2.29. The number of hydrogen-bond donors (Lipinski definition) is 3. The van der Waals surface area contributed by atoms with E-state index in [9.17, 15) is 19.8 Å². The Balaban J connectivity index is 2.19. The fourth-order valence-electron chi connectivity index (χ4n) is 3.12. The summed E-state index contributed by atoms with van der Waals surface area (Å²) in [5, 5.41) is 21.2. The highest BCUT2D eigenvalue weighted by Crippen LogP contribution is 2.40. The Kier molecular flexibility index (Phi) is 6.36. The molecule has 0 bridgehead atoms. The van der Waals surface area contributed by atoms with Crippen LogP contribution in [-0.4, -0.2) is 48.1 Å². The summed E-state index contributed by atoms with van der Waals surface area (Å²) in [7, 11) is 0. The number of halogens is 2. The van der Waals surface area contributed by atoms with Gasteiger partial charge in [-0.15, -0.1) is 0 Å². The number of aliphatic hydroxyl groups excluding tert-OH is 2. The maximum Gasteiger partial charge on any atom is 0.208 e.